The highest BCUT2D eigenvalue weighted by molar-refractivity contribution is 5.99. The van der Waals surface area contributed by atoms with Crippen LogP contribution in [0.1, 0.15) is 31.9 Å². The van der Waals surface area contributed by atoms with E-state index in [9.17, 15) is 27.9 Å². The Labute approximate surface area is 130 Å². The summed E-state index contributed by atoms with van der Waals surface area (Å²) < 4.78 is 44.4. The highest BCUT2D eigenvalue weighted by Gasteiger charge is 2.45. The normalized spacial score (nSPS) is 17.8. The van der Waals surface area contributed by atoms with Crippen LogP contribution in [0, 0.1) is 0 Å². The molecule has 0 saturated carbocycles. The van der Waals surface area contributed by atoms with Gasteiger partial charge in [-0.3, -0.25) is 4.90 Å². The van der Waals surface area contributed by atoms with E-state index in [1.807, 2.05) is 0 Å². The number of anilines is 1. The summed E-state index contributed by atoms with van der Waals surface area (Å²) in [5, 5.41) is 9.27. The van der Waals surface area contributed by atoms with Crippen molar-refractivity contribution >= 4 is 17.7 Å². The fourth-order valence-electron chi connectivity index (χ4n) is 2.47. The van der Waals surface area contributed by atoms with Gasteiger partial charge in [-0.2, -0.15) is 13.2 Å². The predicted octanol–water partition coefficient (Wildman–Crippen LogP) is 3.46. The maximum absolute atomic E-state index is 13.1. The van der Waals surface area contributed by atoms with E-state index in [0.717, 1.165) is 17.0 Å². The van der Waals surface area contributed by atoms with Crippen molar-refractivity contribution in [1.82, 2.24) is 0 Å². The molecule has 0 aliphatic carbocycles. The topological polar surface area (TPSA) is 66.8 Å². The van der Waals surface area contributed by atoms with Crippen LogP contribution in [0.2, 0.25) is 0 Å². The number of ether oxygens (including phenoxy) is 1. The summed E-state index contributed by atoms with van der Waals surface area (Å²) in [7, 11) is 0. The molecule has 1 aromatic rings. The molecule has 23 heavy (non-hydrogen) atoms. The molecular weight excluding hydrogens is 315 g/mol. The molecule has 0 radical (unpaired) electrons. The number of benzene rings is 1. The molecule has 1 aliphatic rings. The first kappa shape index (κ1) is 17.1. The minimum absolute atomic E-state index is 0.0820. The third-order valence-corrected chi connectivity index (χ3v) is 3.30. The molecule has 1 N–H and O–H groups in total. The molecule has 1 amide bonds. The lowest BCUT2D eigenvalue weighted by atomic mass is 10.0. The Kier molecular flexibility index (Phi) is 4.04. The van der Waals surface area contributed by atoms with Crippen molar-refractivity contribution in [2.24, 2.45) is 0 Å². The zero-order chi connectivity index (χ0) is 17.6. The van der Waals surface area contributed by atoms with Crippen LogP contribution in [-0.2, 0) is 22.1 Å². The highest BCUT2D eigenvalue weighted by Crippen LogP contribution is 2.42. The molecule has 1 aliphatic heterocycles. The monoisotopic (exact) mass is 331 g/mol. The van der Waals surface area contributed by atoms with Gasteiger partial charge in [0.15, 0.2) is 0 Å². The first-order chi connectivity index (χ1) is 10.4. The van der Waals surface area contributed by atoms with Crippen LogP contribution in [0.4, 0.5) is 23.7 Å². The smallest absolute Gasteiger partial charge is 0.416 e. The number of nitrogens with zero attached hydrogens (tertiary/aromatic N) is 1. The fraction of sp³-hybridized carbons (Fsp3) is 0.467. The lowest BCUT2D eigenvalue weighted by Crippen LogP contribution is -2.45. The maximum atomic E-state index is 13.1. The molecule has 1 aromatic carbocycles. The van der Waals surface area contributed by atoms with Gasteiger partial charge in [-0.05, 0) is 38.5 Å². The van der Waals surface area contributed by atoms with Crippen LogP contribution in [-0.4, -0.2) is 28.8 Å². The Hall–Kier alpha value is -2.25. The molecular formula is C15H16F3NO4. The summed E-state index contributed by atoms with van der Waals surface area (Å²) in [6, 6.07) is 1.88. The van der Waals surface area contributed by atoms with E-state index in [4.69, 9.17) is 4.74 Å². The molecule has 0 bridgehead atoms. The highest BCUT2D eigenvalue weighted by atomic mass is 19.4. The predicted molar refractivity (Wildman–Crippen MR) is 75.3 cm³/mol. The Morgan fingerprint density at radius 2 is 1.87 bits per heavy atom. The maximum Gasteiger partial charge on any atom is 0.416 e. The van der Waals surface area contributed by atoms with E-state index in [1.165, 1.54) is 6.07 Å². The average Bonchev–Trinajstić information content (AvgIpc) is 2.74. The lowest BCUT2D eigenvalue weighted by Gasteiger charge is -2.27. The Morgan fingerprint density at radius 1 is 1.26 bits per heavy atom. The van der Waals surface area contributed by atoms with E-state index in [1.54, 1.807) is 20.8 Å². The fourth-order valence-corrected chi connectivity index (χ4v) is 2.47. The van der Waals surface area contributed by atoms with E-state index >= 15 is 0 Å². The molecule has 0 saturated heterocycles. The minimum atomic E-state index is -4.63. The number of fused-ring (bicyclic) bond motifs is 1. The second kappa shape index (κ2) is 5.43. The summed E-state index contributed by atoms with van der Waals surface area (Å²) in [6.45, 7) is 4.76. The van der Waals surface area contributed by atoms with Crippen molar-refractivity contribution in [1.29, 1.82) is 0 Å². The van der Waals surface area contributed by atoms with Crippen molar-refractivity contribution in [2.45, 2.75) is 45.0 Å². The number of hydrogen-bond donors (Lipinski definition) is 1. The molecule has 5 nitrogen and oxygen atoms in total. The number of amides is 1. The van der Waals surface area contributed by atoms with Gasteiger partial charge in [-0.1, -0.05) is 6.07 Å². The van der Waals surface area contributed by atoms with E-state index in [2.05, 4.69) is 0 Å². The van der Waals surface area contributed by atoms with Gasteiger partial charge in [-0.25, -0.2) is 9.59 Å². The van der Waals surface area contributed by atoms with Gasteiger partial charge >= 0.3 is 18.2 Å². The number of hydrogen-bond acceptors (Lipinski definition) is 3. The number of carbonyl (C=O) groups is 2. The SMILES string of the molecule is CC(C)(C)OC(=O)N1c2cccc(C(F)(F)F)c2CC1C(=O)O. The third-order valence-electron chi connectivity index (χ3n) is 3.30. The summed E-state index contributed by atoms with van der Waals surface area (Å²) in [6.07, 6.45) is -6.03. The van der Waals surface area contributed by atoms with Gasteiger partial charge in [0.05, 0.1) is 11.3 Å². The molecule has 8 heteroatoms. The Balaban J connectivity index is 2.51. The molecule has 0 spiro atoms. The first-order valence-corrected chi connectivity index (χ1v) is 6.86. The Bertz CT molecular complexity index is 649. The van der Waals surface area contributed by atoms with Crippen molar-refractivity contribution < 1.29 is 32.6 Å². The zero-order valence-corrected chi connectivity index (χ0v) is 12.8. The van der Waals surface area contributed by atoms with Crippen LogP contribution in [0.25, 0.3) is 0 Å². The summed E-state index contributed by atoms with van der Waals surface area (Å²) in [5.41, 5.74) is -2.13. The molecule has 2 rings (SSSR count). The standard InChI is InChI=1S/C15H16F3NO4/c1-14(2,3)23-13(22)19-10-6-4-5-9(15(16,17)18)8(10)7-11(19)12(20)21/h4-6,11H,7H2,1-3H3,(H,20,21). The van der Waals surface area contributed by atoms with E-state index in [0.29, 0.717) is 0 Å². The van der Waals surface area contributed by atoms with E-state index < -0.39 is 41.9 Å². The molecule has 0 aromatic heterocycles. The summed E-state index contributed by atoms with van der Waals surface area (Å²) in [5.74, 6) is -1.39. The number of aliphatic carboxylic acids is 1. The van der Waals surface area contributed by atoms with Gasteiger partial charge in [0, 0.05) is 6.42 Å². The van der Waals surface area contributed by atoms with Crippen molar-refractivity contribution in [3.8, 4) is 0 Å². The van der Waals surface area contributed by atoms with Gasteiger partial charge in [-0.15, -0.1) is 0 Å². The zero-order valence-electron chi connectivity index (χ0n) is 12.8. The van der Waals surface area contributed by atoms with Crippen molar-refractivity contribution in [3.63, 3.8) is 0 Å². The number of carboxylic acids is 1. The largest absolute Gasteiger partial charge is 0.480 e. The second-order valence-corrected chi connectivity index (χ2v) is 6.21. The van der Waals surface area contributed by atoms with Gasteiger partial charge < -0.3 is 9.84 Å². The van der Waals surface area contributed by atoms with Crippen LogP contribution in [0.15, 0.2) is 18.2 Å². The number of rotatable bonds is 1. The number of halogens is 3. The second-order valence-electron chi connectivity index (χ2n) is 6.21. The minimum Gasteiger partial charge on any atom is -0.480 e. The van der Waals surface area contributed by atoms with Gasteiger partial charge in [0.25, 0.3) is 0 Å². The van der Waals surface area contributed by atoms with Crippen LogP contribution < -0.4 is 4.90 Å². The molecule has 0 fully saturated rings. The number of carbonyl (C=O) groups excluding carboxylic acids is 1. The first-order valence-electron chi connectivity index (χ1n) is 6.86. The molecule has 1 heterocycles. The quantitative estimate of drug-likeness (QED) is 0.856. The summed E-state index contributed by atoms with van der Waals surface area (Å²) >= 11 is 0. The van der Waals surface area contributed by atoms with E-state index in [-0.39, 0.29) is 11.3 Å². The van der Waals surface area contributed by atoms with Crippen molar-refractivity contribution in [2.75, 3.05) is 4.90 Å². The van der Waals surface area contributed by atoms with Crippen LogP contribution in [0.5, 0.6) is 0 Å². The van der Waals surface area contributed by atoms with Gasteiger partial charge in [0.2, 0.25) is 0 Å². The van der Waals surface area contributed by atoms with Crippen LogP contribution >= 0.6 is 0 Å². The number of alkyl halides is 3. The lowest BCUT2D eigenvalue weighted by molar-refractivity contribution is -0.140. The third kappa shape index (κ3) is 3.40. The van der Waals surface area contributed by atoms with Crippen LogP contribution in [0.3, 0.4) is 0 Å². The Morgan fingerprint density at radius 3 is 2.35 bits per heavy atom. The van der Waals surface area contributed by atoms with Crippen molar-refractivity contribution in [3.05, 3.63) is 29.3 Å². The molecule has 126 valence electrons. The summed E-state index contributed by atoms with van der Waals surface area (Å²) in [4.78, 5) is 24.4. The molecule has 1 atom stereocenters. The molecule has 1 unspecified atom stereocenters. The number of carboxylic acid groups (broad SMARTS) is 1. The van der Waals surface area contributed by atoms with Gasteiger partial charge in [0.1, 0.15) is 11.6 Å². The average molecular weight is 331 g/mol.